The lowest BCUT2D eigenvalue weighted by atomic mass is 9.92. The highest BCUT2D eigenvalue weighted by molar-refractivity contribution is 5.36. The minimum absolute atomic E-state index is 0.305. The Hall–Kier alpha value is -1.60. The number of rotatable bonds is 2. The molecule has 0 aliphatic heterocycles. The van der Waals surface area contributed by atoms with Gasteiger partial charge in [-0.15, -0.1) is 0 Å². The summed E-state index contributed by atoms with van der Waals surface area (Å²) < 4.78 is 0. The molecule has 0 saturated carbocycles. The maximum Gasteiger partial charge on any atom is 0.0827 e. The third-order valence-electron chi connectivity index (χ3n) is 4.05. The van der Waals surface area contributed by atoms with Crippen LogP contribution in [0.25, 0.3) is 0 Å². The fourth-order valence-corrected chi connectivity index (χ4v) is 2.96. The molecule has 0 amide bonds. The Morgan fingerprint density at radius 1 is 1.06 bits per heavy atom. The molecule has 0 heterocycles. The summed E-state index contributed by atoms with van der Waals surface area (Å²) in [4.78, 5) is 0. The quantitative estimate of drug-likeness (QED) is 0.849. The summed E-state index contributed by atoms with van der Waals surface area (Å²) in [6.07, 6.45) is 1.65. The lowest BCUT2D eigenvalue weighted by Crippen LogP contribution is -2.11. The molecular formula is C17H18O. The first-order valence-corrected chi connectivity index (χ1v) is 6.56. The molecule has 92 valence electrons. The molecule has 3 rings (SSSR count). The van der Waals surface area contributed by atoms with E-state index in [4.69, 9.17) is 0 Å². The molecule has 18 heavy (non-hydrogen) atoms. The number of hydrogen-bond donors (Lipinski definition) is 1. The largest absolute Gasteiger partial charge is 0.388 e. The van der Waals surface area contributed by atoms with Gasteiger partial charge in [0.25, 0.3) is 0 Å². The molecule has 0 saturated heterocycles. The molecule has 1 aliphatic rings. The van der Waals surface area contributed by atoms with Crippen molar-refractivity contribution in [1.29, 1.82) is 0 Å². The molecule has 2 aromatic rings. The highest BCUT2D eigenvalue weighted by Crippen LogP contribution is 2.37. The first kappa shape index (κ1) is 11.5. The molecule has 1 aliphatic carbocycles. The van der Waals surface area contributed by atoms with Crippen LogP contribution in [0.1, 0.15) is 28.4 Å². The number of aliphatic hydroxyl groups excluding tert-OH is 1. The molecule has 1 heteroatoms. The standard InChI is InChI=1S/C17H18O/c1-12-6-2-3-7-13(12)10-15-11-14-8-4-5-9-16(14)17(15)18/h2-9,15,17-18H,10-11H2,1H3/t15-,17+/m1/s1. The monoisotopic (exact) mass is 238 g/mol. The average molecular weight is 238 g/mol. The van der Waals surface area contributed by atoms with Gasteiger partial charge in [0, 0.05) is 0 Å². The van der Waals surface area contributed by atoms with Gasteiger partial charge < -0.3 is 5.11 Å². The molecule has 2 aromatic carbocycles. The molecule has 1 nitrogen and oxygen atoms in total. The highest BCUT2D eigenvalue weighted by Gasteiger charge is 2.30. The van der Waals surface area contributed by atoms with Crippen molar-refractivity contribution in [2.75, 3.05) is 0 Å². The Bertz CT molecular complexity index is 559. The summed E-state index contributed by atoms with van der Waals surface area (Å²) >= 11 is 0. The summed E-state index contributed by atoms with van der Waals surface area (Å²) in [6.45, 7) is 2.14. The molecule has 0 aromatic heterocycles. The zero-order valence-electron chi connectivity index (χ0n) is 10.6. The van der Waals surface area contributed by atoms with Crippen molar-refractivity contribution in [2.45, 2.75) is 25.9 Å². The van der Waals surface area contributed by atoms with Crippen molar-refractivity contribution in [3.63, 3.8) is 0 Å². The molecule has 0 radical (unpaired) electrons. The van der Waals surface area contributed by atoms with Gasteiger partial charge in [0.1, 0.15) is 0 Å². The van der Waals surface area contributed by atoms with E-state index in [-0.39, 0.29) is 6.10 Å². The second-order valence-corrected chi connectivity index (χ2v) is 5.24. The average Bonchev–Trinajstić information content (AvgIpc) is 2.70. The maximum absolute atomic E-state index is 10.4. The third-order valence-corrected chi connectivity index (χ3v) is 4.05. The zero-order chi connectivity index (χ0) is 12.5. The van der Waals surface area contributed by atoms with E-state index >= 15 is 0 Å². The van der Waals surface area contributed by atoms with Crippen molar-refractivity contribution < 1.29 is 5.11 Å². The topological polar surface area (TPSA) is 20.2 Å². The van der Waals surface area contributed by atoms with Gasteiger partial charge in [-0.3, -0.25) is 0 Å². The predicted molar refractivity (Wildman–Crippen MR) is 73.5 cm³/mol. The number of fused-ring (bicyclic) bond motifs is 1. The molecule has 0 unspecified atom stereocenters. The summed E-state index contributed by atoms with van der Waals surface area (Å²) in [6, 6.07) is 16.7. The maximum atomic E-state index is 10.4. The summed E-state index contributed by atoms with van der Waals surface area (Å²) in [7, 11) is 0. The molecule has 2 atom stereocenters. The smallest absolute Gasteiger partial charge is 0.0827 e. The third kappa shape index (κ3) is 1.95. The second-order valence-electron chi connectivity index (χ2n) is 5.24. The van der Waals surface area contributed by atoms with Crippen LogP contribution in [-0.4, -0.2) is 5.11 Å². The van der Waals surface area contributed by atoms with Crippen LogP contribution in [0.5, 0.6) is 0 Å². The highest BCUT2D eigenvalue weighted by atomic mass is 16.3. The molecular weight excluding hydrogens is 220 g/mol. The first-order chi connectivity index (χ1) is 8.75. The van der Waals surface area contributed by atoms with Gasteiger partial charge in [-0.25, -0.2) is 0 Å². The fraction of sp³-hybridized carbons (Fsp3) is 0.294. The van der Waals surface area contributed by atoms with Gasteiger partial charge in [-0.2, -0.15) is 0 Å². The Morgan fingerprint density at radius 3 is 2.56 bits per heavy atom. The summed E-state index contributed by atoms with van der Waals surface area (Å²) in [5.41, 5.74) is 5.11. The van der Waals surface area contributed by atoms with Gasteiger partial charge in [-0.1, -0.05) is 48.5 Å². The van der Waals surface area contributed by atoms with Crippen LogP contribution in [-0.2, 0) is 12.8 Å². The number of benzene rings is 2. The Balaban J connectivity index is 1.83. The summed E-state index contributed by atoms with van der Waals surface area (Å²) in [5, 5.41) is 10.4. The van der Waals surface area contributed by atoms with Gasteiger partial charge in [0.15, 0.2) is 0 Å². The first-order valence-electron chi connectivity index (χ1n) is 6.56. The molecule has 0 bridgehead atoms. The van der Waals surface area contributed by atoms with E-state index in [1.54, 1.807) is 0 Å². The minimum Gasteiger partial charge on any atom is -0.388 e. The van der Waals surface area contributed by atoms with Crippen LogP contribution < -0.4 is 0 Å². The van der Waals surface area contributed by atoms with Crippen LogP contribution in [0.4, 0.5) is 0 Å². The van der Waals surface area contributed by atoms with E-state index in [1.807, 2.05) is 6.07 Å². The second kappa shape index (κ2) is 4.58. The molecule has 0 spiro atoms. The van der Waals surface area contributed by atoms with E-state index < -0.39 is 0 Å². The van der Waals surface area contributed by atoms with E-state index in [1.165, 1.54) is 16.7 Å². The van der Waals surface area contributed by atoms with Crippen molar-refractivity contribution in [2.24, 2.45) is 5.92 Å². The number of aliphatic hydroxyl groups is 1. The van der Waals surface area contributed by atoms with Crippen molar-refractivity contribution >= 4 is 0 Å². The number of hydrogen-bond acceptors (Lipinski definition) is 1. The van der Waals surface area contributed by atoms with E-state index in [0.717, 1.165) is 18.4 Å². The lowest BCUT2D eigenvalue weighted by molar-refractivity contribution is 0.123. The van der Waals surface area contributed by atoms with Crippen LogP contribution in [0.3, 0.4) is 0 Å². The minimum atomic E-state index is -0.305. The van der Waals surface area contributed by atoms with Crippen molar-refractivity contribution in [3.05, 3.63) is 70.8 Å². The van der Waals surface area contributed by atoms with E-state index in [9.17, 15) is 5.11 Å². The number of aryl methyl sites for hydroxylation is 1. The Labute approximate surface area is 108 Å². The molecule has 1 N–H and O–H groups in total. The Morgan fingerprint density at radius 2 is 1.78 bits per heavy atom. The fourth-order valence-electron chi connectivity index (χ4n) is 2.96. The van der Waals surface area contributed by atoms with E-state index in [2.05, 4.69) is 49.4 Å². The Kier molecular flexibility index (Phi) is 2.92. The summed E-state index contributed by atoms with van der Waals surface area (Å²) in [5.74, 6) is 0.323. The van der Waals surface area contributed by atoms with Crippen LogP contribution in [0, 0.1) is 12.8 Å². The van der Waals surface area contributed by atoms with Gasteiger partial charge >= 0.3 is 0 Å². The van der Waals surface area contributed by atoms with Gasteiger partial charge in [0.2, 0.25) is 0 Å². The van der Waals surface area contributed by atoms with Gasteiger partial charge in [0.05, 0.1) is 6.10 Å². The van der Waals surface area contributed by atoms with Crippen LogP contribution >= 0.6 is 0 Å². The zero-order valence-corrected chi connectivity index (χ0v) is 10.6. The van der Waals surface area contributed by atoms with Crippen molar-refractivity contribution in [1.82, 2.24) is 0 Å². The van der Waals surface area contributed by atoms with Gasteiger partial charge in [-0.05, 0) is 47.9 Å². The van der Waals surface area contributed by atoms with Crippen molar-refractivity contribution in [3.8, 4) is 0 Å². The molecule has 0 fully saturated rings. The van der Waals surface area contributed by atoms with Crippen LogP contribution in [0.15, 0.2) is 48.5 Å². The normalized spacial score (nSPS) is 21.9. The van der Waals surface area contributed by atoms with E-state index in [0.29, 0.717) is 5.92 Å². The lowest BCUT2D eigenvalue weighted by Gasteiger charge is -2.16. The van der Waals surface area contributed by atoms with Crippen LogP contribution in [0.2, 0.25) is 0 Å². The predicted octanol–water partition coefficient (Wildman–Crippen LogP) is 3.44. The SMILES string of the molecule is Cc1ccccc1C[C@@H]1Cc2ccccc2[C@H]1O.